The third-order valence-corrected chi connectivity index (χ3v) is 3.72. The van der Waals surface area contributed by atoms with Crippen LogP contribution in [0.5, 0.6) is 0 Å². The highest BCUT2D eigenvalue weighted by molar-refractivity contribution is 5.79. The van der Waals surface area contributed by atoms with E-state index >= 15 is 0 Å². The summed E-state index contributed by atoms with van der Waals surface area (Å²) >= 11 is 0. The van der Waals surface area contributed by atoms with Crippen molar-refractivity contribution < 1.29 is 9.90 Å². The average Bonchev–Trinajstić information content (AvgIpc) is 2.15. The number of hydrogen-bond donors (Lipinski definition) is 1. The van der Waals surface area contributed by atoms with Gasteiger partial charge in [0.05, 0.1) is 6.10 Å². The zero-order valence-electron chi connectivity index (χ0n) is 11.0. The summed E-state index contributed by atoms with van der Waals surface area (Å²) in [6.45, 7) is 6.52. The second-order valence-electron chi connectivity index (χ2n) is 5.85. The predicted molar refractivity (Wildman–Crippen MR) is 65.1 cm³/mol. The summed E-state index contributed by atoms with van der Waals surface area (Å²) in [5.41, 5.74) is 0.113. The van der Waals surface area contributed by atoms with E-state index in [0.29, 0.717) is 6.54 Å². The van der Waals surface area contributed by atoms with Crippen molar-refractivity contribution in [1.82, 2.24) is 4.90 Å². The molecule has 3 nitrogen and oxygen atoms in total. The molecule has 0 spiro atoms. The molecule has 16 heavy (non-hydrogen) atoms. The number of aliphatic hydroxyl groups excluding tert-OH is 1. The first-order valence-electron chi connectivity index (χ1n) is 6.27. The molecule has 0 bridgehead atoms. The smallest absolute Gasteiger partial charge is 0.226 e. The molecule has 1 saturated carbocycles. The van der Waals surface area contributed by atoms with Crippen molar-refractivity contribution >= 4 is 5.91 Å². The van der Waals surface area contributed by atoms with Gasteiger partial charge in [0.15, 0.2) is 0 Å². The zero-order valence-corrected chi connectivity index (χ0v) is 11.0. The van der Waals surface area contributed by atoms with Crippen LogP contribution in [-0.2, 0) is 4.79 Å². The highest BCUT2D eigenvalue weighted by atomic mass is 16.3. The first-order chi connectivity index (χ1) is 7.34. The van der Waals surface area contributed by atoms with Crippen molar-refractivity contribution in [3.05, 3.63) is 0 Å². The number of amides is 1. The van der Waals surface area contributed by atoms with E-state index in [1.165, 1.54) is 6.42 Å². The van der Waals surface area contributed by atoms with Gasteiger partial charge in [-0.1, -0.05) is 26.7 Å². The van der Waals surface area contributed by atoms with Crippen molar-refractivity contribution in [1.29, 1.82) is 0 Å². The van der Waals surface area contributed by atoms with Crippen LogP contribution in [0.1, 0.15) is 46.5 Å². The summed E-state index contributed by atoms with van der Waals surface area (Å²) in [4.78, 5) is 13.9. The van der Waals surface area contributed by atoms with Gasteiger partial charge in [-0.05, 0) is 25.2 Å². The highest BCUT2D eigenvalue weighted by Crippen LogP contribution is 2.41. The molecule has 0 aromatic carbocycles. The van der Waals surface area contributed by atoms with Gasteiger partial charge in [0.25, 0.3) is 0 Å². The minimum atomic E-state index is -0.444. The van der Waals surface area contributed by atoms with Gasteiger partial charge in [-0.2, -0.15) is 0 Å². The van der Waals surface area contributed by atoms with Crippen molar-refractivity contribution in [3.8, 4) is 0 Å². The number of carbonyl (C=O) groups is 1. The van der Waals surface area contributed by atoms with Crippen LogP contribution in [0.25, 0.3) is 0 Å². The van der Waals surface area contributed by atoms with E-state index in [9.17, 15) is 9.90 Å². The molecular formula is C13H25NO2. The Labute approximate surface area is 98.8 Å². The lowest BCUT2D eigenvalue weighted by Gasteiger charge is -2.39. The molecule has 2 unspecified atom stereocenters. The molecule has 0 saturated heterocycles. The Morgan fingerprint density at radius 2 is 2.12 bits per heavy atom. The fraction of sp³-hybridized carbons (Fsp3) is 0.923. The quantitative estimate of drug-likeness (QED) is 0.801. The molecule has 0 radical (unpaired) electrons. The first-order valence-corrected chi connectivity index (χ1v) is 6.27. The van der Waals surface area contributed by atoms with E-state index in [2.05, 4.69) is 13.8 Å². The normalized spacial score (nSPS) is 26.2. The van der Waals surface area contributed by atoms with E-state index in [1.807, 2.05) is 0 Å². The lowest BCUT2D eigenvalue weighted by Crippen LogP contribution is -2.44. The number of hydrogen-bond acceptors (Lipinski definition) is 2. The summed E-state index contributed by atoms with van der Waals surface area (Å²) in [5, 5.41) is 9.31. The summed E-state index contributed by atoms with van der Waals surface area (Å²) < 4.78 is 0. The minimum absolute atomic E-state index is 0.113. The van der Waals surface area contributed by atoms with Crippen molar-refractivity contribution in [2.75, 3.05) is 13.6 Å². The second-order valence-corrected chi connectivity index (χ2v) is 5.85. The van der Waals surface area contributed by atoms with E-state index in [0.717, 1.165) is 19.3 Å². The average molecular weight is 227 g/mol. The zero-order chi connectivity index (χ0) is 12.3. The van der Waals surface area contributed by atoms with Crippen molar-refractivity contribution in [3.63, 3.8) is 0 Å². The molecule has 2 atom stereocenters. The van der Waals surface area contributed by atoms with Crippen LogP contribution in [0.4, 0.5) is 0 Å². The molecule has 0 heterocycles. The number of rotatable bonds is 3. The van der Waals surface area contributed by atoms with Gasteiger partial charge < -0.3 is 10.0 Å². The molecule has 1 aliphatic carbocycles. The standard InChI is InChI=1S/C13H25NO2/c1-10(15)9-14(4)12(16)11-7-5-6-8-13(11,2)3/h10-11,15H,5-9H2,1-4H3. The van der Waals surface area contributed by atoms with E-state index < -0.39 is 6.10 Å². The van der Waals surface area contributed by atoms with Gasteiger partial charge >= 0.3 is 0 Å². The van der Waals surface area contributed by atoms with Crippen LogP contribution in [0.3, 0.4) is 0 Å². The molecule has 1 fully saturated rings. The number of nitrogens with zero attached hydrogens (tertiary/aromatic N) is 1. The van der Waals surface area contributed by atoms with E-state index in [4.69, 9.17) is 0 Å². The van der Waals surface area contributed by atoms with Gasteiger partial charge in [-0.25, -0.2) is 0 Å². The van der Waals surface area contributed by atoms with Crippen LogP contribution in [0.15, 0.2) is 0 Å². The maximum absolute atomic E-state index is 12.3. The fourth-order valence-corrected chi connectivity index (χ4v) is 2.70. The molecular weight excluding hydrogens is 202 g/mol. The highest BCUT2D eigenvalue weighted by Gasteiger charge is 2.38. The van der Waals surface area contributed by atoms with Crippen molar-refractivity contribution in [2.45, 2.75) is 52.6 Å². The van der Waals surface area contributed by atoms with Gasteiger partial charge in [0.2, 0.25) is 5.91 Å². The maximum Gasteiger partial charge on any atom is 0.226 e. The third-order valence-electron chi connectivity index (χ3n) is 3.72. The molecule has 3 heteroatoms. The Morgan fingerprint density at radius 3 is 2.62 bits per heavy atom. The Kier molecular flexibility index (Phi) is 4.36. The van der Waals surface area contributed by atoms with E-state index in [-0.39, 0.29) is 17.2 Å². The molecule has 1 aliphatic rings. The summed E-state index contributed by atoms with van der Waals surface area (Å²) in [5.74, 6) is 0.329. The Bertz CT molecular complexity index is 248. The van der Waals surface area contributed by atoms with E-state index in [1.54, 1.807) is 18.9 Å². The first kappa shape index (κ1) is 13.5. The van der Waals surface area contributed by atoms with Gasteiger partial charge in [0, 0.05) is 19.5 Å². The monoisotopic (exact) mass is 227 g/mol. The maximum atomic E-state index is 12.3. The molecule has 0 aromatic heterocycles. The molecule has 94 valence electrons. The second kappa shape index (κ2) is 5.17. The molecule has 1 N–H and O–H groups in total. The number of aliphatic hydroxyl groups is 1. The van der Waals surface area contributed by atoms with Crippen LogP contribution in [0, 0.1) is 11.3 Å². The molecule has 0 aliphatic heterocycles. The van der Waals surface area contributed by atoms with Gasteiger partial charge in [-0.15, -0.1) is 0 Å². The van der Waals surface area contributed by atoms with Gasteiger partial charge in [-0.3, -0.25) is 4.79 Å². The summed E-state index contributed by atoms with van der Waals surface area (Å²) in [6, 6.07) is 0. The van der Waals surface area contributed by atoms with Crippen LogP contribution < -0.4 is 0 Å². The lowest BCUT2D eigenvalue weighted by atomic mass is 9.68. The van der Waals surface area contributed by atoms with Crippen LogP contribution in [-0.4, -0.2) is 35.6 Å². The Hall–Kier alpha value is -0.570. The largest absolute Gasteiger partial charge is 0.392 e. The minimum Gasteiger partial charge on any atom is -0.392 e. The number of likely N-dealkylation sites (N-methyl/N-ethyl adjacent to an activating group) is 1. The summed E-state index contributed by atoms with van der Waals surface area (Å²) in [7, 11) is 1.79. The predicted octanol–water partition coefficient (Wildman–Crippen LogP) is 2.04. The Morgan fingerprint density at radius 1 is 1.50 bits per heavy atom. The molecule has 1 amide bonds. The van der Waals surface area contributed by atoms with Crippen LogP contribution in [0.2, 0.25) is 0 Å². The van der Waals surface area contributed by atoms with Crippen LogP contribution >= 0.6 is 0 Å². The third kappa shape index (κ3) is 3.21. The summed E-state index contributed by atoms with van der Waals surface area (Å²) in [6.07, 6.45) is 4.07. The lowest BCUT2D eigenvalue weighted by molar-refractivity contribution is -0.140. The molecule has 0 aromatic rings. The molecule has 1 rings (SSSR count). The Balaban J connectivity index is 2.64. The SMILES string of the molecule is CC(O)CN(C)C(=O)C1CCCCC1(C)C. The van der Waals surface area contributed by atoms with Gasteiger partial charge in [0.1, 0.15) is 0 Å². The topological polar surface area (TPSA) is 40.5 Å². The fourth-order valence-electron chi connectivity index (χ4n) is 2.70. The number of carbonyl (C=O) groups excluding carboxylic acids is 1. The van der Waals surface area contributed by atoms with Crippen molar-refractivity contribution in [2.24, 2.45) is 11.3 Å².